The van der Waals surface area contributed by atoms with Gasteiger partial charge in [-0.1, -0.05) is 6.07 Å². The summed E-state index contributed by atoms with van der Waals surface area (Å²) in [7, 11) is 0. The van der Waals surface area contributed by atoms with Crippen LogP contribution in [0.25, 0.3) is 0 Å². The van der Waals surface area contributed by atoms with Crippen LogP contribution in [0.15, 0.2) is 18.2 Å². The van der Waals surface area contributed by atoms with E-state index >= 15 is 0 Å². The molecule has 0 aliphatic carbocycles. The van der Waals surface area contributed by atoms with Crippen LogP contribution in [-0.2, 0) is 25.8 Å². The van der Waals surface area contributed by atoms with E-state index in [9.17, 15) is 9.59 Å². The maximum atomic E-state index is 10.6. The molecule has 14 heavy (non-hydrogen) atoms. The van der Waals surface area contributed by atoms with Gasteiger partial charge in [-0.15, -0.1) is 0 Å². The number of carbonyl (C=O) groups is 2. The van der Waals surface area contributed by atoms with Gasteiger partial charge in [-0.3, -0.25) is 0 Å². The molecule has 0 fully saturated rings. The fourth-order valence-electron chi connectivity index (χ4n) is 1.10. The summed E-state index contributed by atoms with van der Waals surface area (Å²) in [5.74, 6) is -2.22. The Morgan fingerprint density at radius 1 is 1.07 bits per heavy atom. The maximum absolute atomic E-state index is 10.6. The van der Waals surface area contributed by atoms with Crippen LogP contribution in [0.3, 0.4) is 0 Å². The third kappa shape index (κ3) is 2.51. The Kier molecular flexibility index (Phi) is 4.70. The van der Waals surface area contributed by atoms with Gasteiger partial charge in [0.1, 0.15) is 0 Å². The van der Waals surface area contributed by atoms with Crippen molar-refractivity contribution in [3.8, 4) is 0 Å². The topological polar surface area (TPSA) is 74.6 Å². The number of rotatable bonds is 2. The summed E-state index contributed by atoms with van der Waals surface area (Å²) in [5.41, 5.74) is 0.335. The summed E-state index contributed by atoms with van der Waals surface area (Å²) in [6.07, 6.45) is 0. The molecule has 0 amide bonds. The molecule has 0 radical (unpaired) electrons. The van der Waals surface area contributed by atoms with Gasteiger partial charge < -0.3 is 10.2 Å². The number of carboxylic acids is 2. The van der Waals surface area contributed by atoms with Crippen LogP contribution in [-0.4, -0.2) is 22.2 Å². The molecular formula is C9H8HfO4. The summed E-state index contributed by atoms with van der Waals surface area (Å²) >= 11 is 0. The van der Waals surface area contributed by atoms with Gasteiger partial charge in [-0.25, -0.2) is 9.59 Å². The number of aromatic carboxylic acids is 2. The van der Waals surface area contributed by atoms with Crippen LogP contribution in [0.4, 0.5) is 0 Å². The van der Waals surface area contributed by atoms with Crippen LogP contribution in [0.1, 0.15) is 26.3 Å². The molecule has 2 N–H and O–H groups in total. The SMILES string of the molecule is Cc1c(C(=O)O)cccc1C(=O)O.[Hf]. The van der Waals surface area contributed by atoms with Gasteiger partial charge in [0.25, 0.3) is 0 Å². The quantitative estimate of drug-likeness (QED) is 0.784. The number of hydrogen-bond donors (Lipinski definition) is 2. The molecule has 72 valence electrons. The van der Waals surface area contributed by atoms with E-state index in [-0.39, 0.29) is 42.5 Å². The normalized spacial score (nSPS) is 8.93. The Morgan fingerprint density at radius 3 is 1.71 bits per heavy atom. The molecule has 0 aromatic heterocycles. The van der Waals surface area contributed by atoms with Crippen LogP contribution in [0, 0.1) is 6.92 Å². The fraction of sp³-hybridized carbons (Fsp3) is 0.111. The molecule has 0 aliphatic rings. The minimum absolute atomic E-state index is 0. The third-order valence-electron chi connectivity index (χ3n) is 1.79. The minimum atomic E-state index is -1.11. The van der Waals surface area contributed by atoms with Gasteiger partial charge in [0.15, 0.2) is 0 Å². The molecule has 0 saturated carbocycles. The summed E-state index contributed by atoms with van der Waals surface area (Å²) in [6.45, 7) is 1.48. The van der Waals surface area contributed by atoms with Crippen molar-refractivity contribution in [2.24, 2.45) is 0 Å². The van der Waals surface area contributed by atoms with E-state index in [1.54, 1.807) is 0 Å². The Balaban J connectivity index is 0.00000169. The van der Waals surface area contributed by atoms with E-state index in [1.165, 1.54) is 25.1 Å². The van der Waals surface area contributed by atoms with Gasteiger partial charge in [-0.05, 0) is 24.6 Å². The third-order valence-corrected chi connectivity index (χ3v) is 1.79. The summed E-state index contributed by atoms with van der Waals surface area (Å²) in [6, 6.07) is 4.17. The molecule has 0 atom stereocenters. The van der Waals surface area contributed by atoms with Gasteiger partial charge in [0, 0.05) is 25.8 Å². The van der Waals surface area contributed by atoms with E-state index in [2.05, 4.69) is 0 Å². The van der Waals surface area contributed by atoms with Crippen LogP contribution in [0.2, 0.25) is 0 Å². The van der Waals surface area contributed by atoms with Crippen LogP contribution in [0.5, 0.6) is 0 Å². The summed E-state index contributed by atoms with van der Waals surface area (Å²) in [4.78, 5) is 21.2. The molecule has 0 bridgehead atoms. The zero-order chi connectivity index (χ0) is 10.0. The fourth-order valence-corrected chi connectivity index (χ4v) is 1.10. The van der Waals surface area contributed by atoms with Crippen molar-refractivity contribution in [1.29, 1.82) is 0 Å². The molecule has 0 spiro atoms. The van der Waals surface area contributed by atoms with Gasteiger partial charge in [0.2, 0.25) is 0 Å². The maximum Gasteiger partial charge on any atom is 0.335 e. The first-order valence-corrected chi connectivity index (χ1v) is 3.60. The first-order valence-electron chi connectivity index (χ1n) is 3.60. The van der Waals surface area contributed by atoms with Gasteiger partial charge in [-0.2, -0.15) is 0 Å². The molecule has 0 aliphatic heterocycles. The molecule has 0 saturated heterocycles. The van der Waals surface area contributed by atoms with Crippen LogP contribution >= 0.6 is 0 Å². The van der Waals surface area contributed by atoms with Crippen molar-refractivity contribution in [3.63, 3.8) is 0 Å². The van der Waals surface area contributed by atoms with E-state index in [1.807, 2.05) is 0 Å². The van der Waals surface area contributed by atoms with Crippen molar-refractivity contribution < 1.29 is 45.6 Å². The largest absolute Gasteiger partial charge is 0.478 e. The molecule has 5 heteroatoms. The smallest absolute Gasteiger partial charge is 0.335 e. The van der Waals surface area contributed by atoms with E-state index in [4.69, 9.17) is 10.2 Å². The zero-order valence-corrected chi connectivity index (χ0v) is 11.0. The molecule has 0 heterocycles. The molecule has 1 aromatic rings. The Labute approximate surface area is 99.3 Å². The average molecular weight is 359 g/mol. The zero-order valence-electron chi connectivity index (χ0n) is 7.44. The van der Waals surface area contributed by atoms with Crippen molar-refractivity contribution in [1.82, 2.24) is 0 Å². The second-order valence-corrected chi connectivity index (χ2v) is 2.59. The molecule has 4 nitrogen and oxygen atoms in total. The monoisotopic (exact) mass is 360 g/mol. The standard InChI is InChI=1S/C9H8O4.Hf/c1-5-6(8(10)11)3-2-4-7(5)9(12)13;/h2-4H,1H3,(H,10,11)(H,12,13);. The minimum Gasteiger partial charge on any atom is -0.478 e. The molecule has 1 rings (SSSR count). The second kappa shape index (κ2) is 5.05. The van der Waals surface area contributed by atoms with E-state index in [0.717, 1.165) is 0 Å². The Hall–Kier alpha value is -0.970. The van der Waals surface area contributed by atoms with Crippen molar-refractivity contribution >= 4 is 11.9 Å². The summed E-state index contributed by atoms with van der Waals surface area (Å²) in [5, 5.41) is 17.4. The predicted molar refractivity (Wildman–Crippen MR) is 45.1 cm³/mol. The van der Waals surface area contributed by atoms with E-state index in [0.29, 0.717) is 0 Å². The second-order valence-electron chi connectivity index (χ2n) is 2.59. The Bertz CT molecular complexity index is 341. The summed E-state index contributed by atoms with van der Waals surface area (Å²) < 4.78 is 0. The van der Waals surface area contributed by atoms with Gasteiger partial charge in [0.05, 0.1) is 11.1 Å². The predicted octanol–water partition coefficient (Wildman–Crippen LogP) is 1.39. The number of carboxylic acid groups (broad SMARTS) is 2. The van der Waals surface area contributed by atoms with Crippen molar-refractivity contribution in [2.45, 2.75) is 6.92 Å². The molecular weight excluding hydrogens is 351 g/mol. The van der Waals surface area contributed by atoms with Gasteiger partial charge >= 0.3 is 11.9 Å². The number of benzene rings is 1. The van der Waals surface area contributed by atoms with Crippen LogP contribution < -0.4 is 0 Å². The van der Waals surface area contributed by atoms with Crippen molar-refractivity contribution in [2.75, 3.05) is 0 Å². The molecule has 1 aromatic carbocycles. The first kappa shape index (κ1) is 13.0. The molecule has 0 unspecified atom stereocenters. The Morgan fingerprint density at radius 2 is 1.43 bits per heavy atom. The van der Waals surface area contributed by atoms with E-state index < -0.39 is 11.9 Å². The average Bonchev–Trinajstić information content (AvgIpc) is 2.03. The number of hydrogen-bond acceptors (Lipinski definition) is 2. The van der Waals surface area contributed by atoms with Crippen molar-refractivity contribution in [3.05, 3.63) is 34.9 Å². The first-order chi connectivity index (χ1) is 6.04.